The molecule has 0 aromatic rings. The second-order valence-corrected chi connectivity index (χ2v) is 6.64. The van der Waals surface area contributed by atoms with Gasteiger partial charge in [0, 0.05) is 5.75 Å². The fourth-order valence-corrected chi connectivity index (χ4v) is 1.98. The third-order valence-corrected chi connectivity index (χ3v) is 3.06. The number of carbonyl (C=O) groups is 4. The molecule has 0 rings (SSSR count). The highest BCUT2D eigenvalue weighted by Crippen LogP contribution is 2.06. The van der Waals surface area contributed by atoms with Gasteiger partial charge < -0.3 is 25.4 Å². The largest absolute Gasteiger partial charge is 0.467 e. The van der Waals surface area contributed by atoms with Crippen LogP contribution in [0.25, 0.3) is 0 Å². The molecule has 138 valence electrons. The minimum absolute atomic E-state index is 0.323. The van der Waals surface area contributed by atoms with Gasteiger partial charge in [0.2, 0.25) is 11.8 Å². The number of methoxy groups -OCH3 is 1. The van der Waals surface area contributed by atoms with E-state index < -0.39 is 35.5 Å². The number of esters is 1. The van der Waals surface area contributed by atoms with Crippen LogP contribution in [0.2, 0.25) is 0 Å². The van der Waals surface area contributed by atoms with Gasteiger partial charge in [-0.05, 0) is 27.0 Å². The molecule has 0 aliphatic heterocycles. The summed E-state index contributed by atoms with van der Waals surface area (Å²) in [6.07, 6.45) is 1.06. The smallest absolute Gasteiger partial charge is 0.408 e. The quantitative estimate of drug-likeness (QED) is 0.504. The lowest BCUT2D eigenvalue weighted by Gasteiger charge is -2.19. The van der Waals surface area contributed by atoms with Gasteiger partial charge in [-0.3, -0.25) is 9.59 Å². The van der Waals surface area contributed by atoms with Gasteiger partial charge in [-0.15, -0.1) is 0 Å². The lowest BCUT2D eigenvalue weighted by molar-refractivity contribution is -0.144. The molecule has 3 amide bonds. The van der Waals surface area contributed by atoms with Crippen LogP contribution in [-0.2, 0) is 23.9 Å². The van der Waals surface area contributed by atoms with Gasteiger partial charge in [0.05, 0.1) is 13.7 Å². The van der Waals surface area contributed by atoms with E-state index in [1.165, 1.54) is 18.9 Å². The third kappa shape index (κ3) is 10.7. The summed E-state index contributed by atoms with van der Waals surface area (Å²) in [5, 5.41) is 7.05. The molecule has 0 heterocycles. The fourth-order valence-electron chi connectivity index (χ4n) is 1.43. The van der Waals surface area contributed by atoms with Crippen molar-refractivity contribution in [2.45, 2.75) is 32.4 Å². The van der Waals surface area contributed by atoms with E-state index in [9.17, 15) is 19.2 Å². The monoisotopic (exact) mass is 363 g/mol. The minimum Gasteiger partial charge on any atom is -0.467 e. The molecule has 9 nitrogen and oxygen atoms in total. The summed E-state index contributed by atoms with van der Waals surface area (Å²) >= 11 is 1.37. The maximum atomic E-state index is 11.7. The maximum absolute atomic E-state index is 11.7. The summed E-state index contributed by atoms with van der Waals surface area (Å²) in [5.41, 5.74) is -0.666. The molecular weight excluding hydrogens is 338 g/mol. The molecule has 0 bridgehead atoms. The highest BCUT2D eigenvalue weighted by Gasteiger charge is 2.21. The summed E-state index contributed by atoms with van der Waals surface area (Å²) in [5.74, 6) is -1.30. The molecule has 10 heteroatoms. The van der Waals surface area contributed by atoms with E-state index >= 15 is 0 Å². The average Bonchev–Trinajstić information content (AvgIpc) is 2.48. The number of hydrogen-bond donors (Lipinski definition) is 3. The minimum atomic E-state index is -0.783. The van der Waals surface area contributed by atoms with Gasteiger partial charge in [-0.25, -0.2) is 9.59 Å². The number of nitrogens with one attached hydrogen (secondary N) is 3. The molecule has 0 unspecified atom stereocenters. The molecule has 0 radical (unpaired) electrons. The first kappa shape index (κ1) is 22.0. The van der Waals surface area contributed by atoms with Crippen LogP contribution in [0.15, 0.2) is 0 Å². The zero-order chi connectivity index (χ0) is 18.8. The van der Waals surface area contributed by atoms with Crippen LogP contribution in [0.1, 0.15) is 20.8 Å². The predicted octanol–water partition coefficient (Wildman–Crippen LogP) is -0.352. The van der Waals surface area contributed by atoms with Crippen LogP contribution in [0.5, 0.6) is 0 Å². The Kier molecular flexibility index (Phi) is 9.86. The molecule has 0 fully saturated rings. The average molecular weight is 363 g/mol. The van der Waals surface area contributed by atoms with Gasteiger partial charge >= 0.3 is 12.1 Å². The first-order chi connectivity index (χ1) is 11.1. The molecule has 1 atom stereocenters. The Labute approximate surface area is 145 Å². The van der Waals surface area contributed by atoms with E-state index in [4.69, 9.17) is 4.74 Å². The number of thioether (sulfide) groups is 1. The number of carbonyl (C=O) groups excluding carboxylic acids is 4. The van der Waals surface area contributed by atoms with Crippen LogP contribution in [0.4, 0.5) is 4.79 Å². The molecular formula is C14H25N3O6S. The van der Waals surface area contributed by atoms with Crippen molar-refractivity contribution in [1.82, 2.24) is 16.0 Å². The van der Waals surface area contributed by atoms with Crippen molar-refractivity contribution in [3.63, 3.8) is 0 Å². The van der Waals surface area contributed by atoms with Gasteiger partial charge in [-0.1, -0.05) is 0 Å². The summed E-state index contributed by atoms with van der Waals surface area (Å²) in [7, 11) is 1.23. The number of rotatable bonds is 8. The predicted molar refractivity (Wildman–Crippen MR) is 89.6 cm³/mol. The van der Waals surface area contributed by atoms with Crippen LogP contribution in [-0.4, -0.2) is 67.7 Å². The Bertz CT molecular complexity index is 464. The molecule has 0 spiro atoms. The molecule has 0 saturated heterocycles. The standard InChI is InChI=1S/C14H25N3O6S/c1-14(2,3)23-13(21)16-6-10(18)15-7-11(19)17-9(8-24-5)12(20)22-4/h9H,6-8H2,1-5H3,(H,15,18)(H,16,21)(H,17,19)/t9-/m0/s1. The Balaban J connectivity index is 4.14. The van der Waals surface area contributed by atoms with Gasteiger partial charge in [0.15, 0.2) is 0 Å². The summed E-state index contributed by atoms with van der Waals surface area (Å²) in [6, 6.07) is -0.783. The van der Waals surface area contributed by atoms with Crippen molar-refractivity contribution in [3.8, 4) is 0 Å². The van der Waals surface area contributed by atoms with E-state index in [-0.39, 0.29) is 13.1 Å². The highest BCUT2D eigenvalue weighted by atomic mass is 32.2. The van der Waals surface area contributed by atoms with Gasteiger partial charge in [-0.2, -0.15) is 11.8 Å². The second-order valence-electron chi connectivity index (χ2n) is 5.73. The number of hydrogen-bond acceptors (Lipinski definition) is 7. The molecule has 24 heavy (non-hydrogen) atoms. The van der Waals surface area contributed by atoms with Crippen molar-refractivity contribution in [1.29, 1.82) is 0 Å². The summed E-state index contributed by atoms with van der Waals surface area (Å²) in [4.78, 5) is 46.1. The van der Waals surface area contributed by atoms with Crippen molar-refractivity contribution < 1.29 is 28.7 Å². The maximum Gasteiger partial charge on any atom is 0.408 e. The summed E-state index contributed by atoms with van der Waals surface area (Å²) < 4.78 is 9.55. The van der Waals surface area contributed by atoms with E-state index in [0.717, 1.165) is 0 Å². The van der Waals surface area contributed by atoms with Gasteiger partial charge in [0.1, 0.15) is 18.2 Å². The van der Waals surface area contributed by atoms with Crippen LogP contribution in [0.3, 0.4) is 0 Å². The second kappa shape index (κ2) is 10.7. The topological polar surface area (TPSA) is 123 Å². The zero-order valence-corrected chi connectivity index (χ0v) is 15.4. The normalized spacial score (nSPS) is 11.9. The Morgan fingerprint density at radius 1 is 1.04 bits per heavy atom. The molecule has 0 aromatic carbocycles. The van der Waals surface area contributed by atoms with E-state index in [1.54, 1.807) is 27.0 Å². The first-order valence-electron chi connectivity index (χ1n) is 7.18. The number of amides is 3. The van der Waals surface area contributed by atoms with Crippen LogP contribution in [0, 0.1) is 0 Å². The van der Waals surface area contributed by atoms with Gasteiger partial charge in [0.25, 0.3) is 0 Å². The van der Waals surface area contributed by atoms with E-state index in [2.05, 4.69) is 20.7 Å². The Hall–Kier alpha value is -1.97. The summed E-state index contributed by atoms with van der Waals surface area (Å²) in [6.45, 7) is 4.44. The zero-order valence-electron chi connectivity index (χ0n) is 14.6. The molecule has 3 N–H and O–H groups in total. The van der Waals surface area contributed by atoms with Crippen molar-refractivity contribution >= 4 is 35.6 Å². The van der Waals surface area contributed by atoms with E-state index in [0.29, 0.717) is 5.75 Å². The van der Waals surface area contributed by atoms with E-state index in [1.807, 2.05) is 0 Å². The number of ether oxygens (including phenoxy) is 2. The third-order valence-electron chi connectivity index (χ3n) is 2.39. The lowest BCUT2D eigenvalue weighted by atomic mass is 10.2. The van der Waals surface area contributed by atoms with Crippen molar-refractivity contribution in [3.05, 3.63) is 0 Å². The van der Waals surface area contributed by atoms with Crippen molar-refractivity contribution in [2.75, 3.05) is 32.2 Å². The highest BCUT2D eigenvalue weighted by molar-refractivity contribution is 7.98. The SMILES string of the molecule is COC(=O)[C@H](CSC)NC(=O)CNC(=O)CNC(=O)OC(C)(C)C. The van der Waals surface area contributed by atoms with Crippen LogP contribution < -0.4 is 16.0 Å². The molecule has 0 aliphatic rings. The van der Waals surface area contributed by atoms with Crippen molar-refractivity contribution in [2.24, 2.45) is 0 Å². The Morgan fingerprint density at radius 2 is 1.62 bits per heavy atom. The fraction of sp³-hybridized carbons (Fsp3) is 0.714. The molecule has 0 saturated carbocycles. The molecule has 0 aromatic heterocycles. The van der Waals surface area contributed by atoms with Crippen LogP contribution >= 0.6 is 11.8 Å². The Morgan fingerprint density at radius 3 is 2.12 bits per heavy atom. The lowest BCUT2D eigenvalue weighted by Crippen LogP contribution is -2.48. The first-order valence-corrected chi connectivity index (χ1v) is 8.58. The number of alkyl carbamates (subject to hydrolysis) is 1. The molecule has 0 aliphatic carbocycles.